The minimum absolute atomic E-state index is 0.118. The highest BCUT2D eigenvalue weighted by atomic mass is 16.2. The van der Waals surface area contributed by atoms with E-state index in [1.807, 2.05) is 61.3 Å². The summed E-state index contributed by atoms with van der Waals surface area (Å²) < 4.78 is 0. The van der Waals surface area contributed by atoms with Crippen LogP contribution in [-0.2, 0) is 16.0 Å². The van der Waals surface area contributed by atoms with E-state index in [1.165, 1.54) is 0 Å². The van der Waals surface area contributed by atoms with Crippen LogP contribution in [-0.4, -0.2) is 34.8 Å². The molecule has 3 rings (SSSR count). The maximum atomic E-state index is 12.5. The first kappa shape index (κ1) is 20.1. The summed E-state index contributed by atoms with van der Waals surface area (Å²) in [5.74, 6) is 0.107. The van der Waals surface area contributed by atoms with Gasteiger partial charge < -0.3 is 10.6 Å². The molecular weight excluding hydrogens is 350 g/mol. The molecule has 5 heteroatoms. The molecule has 2 amide bonds. The normalized spacial score (nSPS) is 19.6. The Hall–Kier alpha value is -2.69. The predicted octanol–water partition coefficient (Wildman–Crippen LogP) is 3.43. The van der Waals surface area contributed by atoms with Gasteiger partial charge in [-0.15, -0.1) is 0 Å². The lowest BCUT2D eigenvalue weighted by atomic mass is 9.74. The van der Waals surface area contributed by atoms with Gasteiger partial charge in [-0.25, -0.2) is 0 Å². The first-order valence-corrected chi connectivity index (χ1v) is 9.97. The van der Waals surface area contributed by atoms with Crippen molar-refractivity contribution >= 4 is 11.8 Å². The van der Waals surface area contributed by atoms with Crippen LogP contribution in [0.25, 0.3) is 11.1 Å². The van der Waals surface area contributed by atoms with Crippen molar-refractivity contribution in [2.45, 2.75) is 39.5 Å². The number of hydrogen-bond donors (Lipinski definition) is 1. The van der Waals surface area contributed by atoms with Crippen LogP contribution in [0.2, 0.25) is 0 Å². The molecule has 148 valence electrons. The number of benzene rings is 1. The zero-order valence-electron chi connectivity index (χ0n) is 16.7. The summed E-state index contributed by atoms with van der Waals surface area (Å²) in [7, 11) is 0. The van der Waals surface area contributed by atoms with Crippen molar-refractivity contribution in [1.82, 2.24) is 9.88 Å². The predicted molar refractivity (Wildman–Crippen MR) is 110 cm³/mol. The first-order chi connectivity index (χ1) is 13.4. The Balaban J connectivity index is 1.77. The Morgan fingerprint density at radius 3 is 2.54 bits per heavy atom. The highest BCUT2D eigenvalue weighted by molar-refractivity contribution is 5.83. The van der Waals surface area contributed by atoms with Crippen LogP contribution in [0.1, 0.15) is 38.7 Å². The van der Waals surface area contributed by atoms with Gasteiger partial charge in [0.2, 0.25) is 11.8 Å². The van der Waals surface area contributed by atoms with E-state index in [0.29, 0.717) is 31.8 Å². The van der Waals surface area contributed by atoms with Gasteiger partial charge in [-0.3, -0.25) is 14.6 Å². The van der Waals surface area contributed by atoms with Gasteiger partial charge in [0.05, 0.1) is 5.41 Å². The maximum Gasteiger partial charge on any atom is 0.225 e. The van der Waals surface area contributed by atoms with Crippen molar-refractivity contribution < 1.29 is 9.59 Å². The van der Waals surface area contributed by atoms with Gasteiger partial charge in [0.15, 0.2) is 0 Å². The number of piperidine rings is 1. The first-order valence-electron chi connectivity index (χ1n) is 9.97. The van der Waals surface area contributed by atoms with E-state index in [9.17, 15) is 9.59 Å². The number of pyridine rings is 1. The monoisotopic (exact) mass is 379 g/mol. The summed E-state index contributed by atoms with van der Waals surface area (Å²) >= 11 is 0. The Labute approximate surface area is 167 Å². The standard InChI is InChI=1S/C23H29N3O2/c1-17(2)13-21(27)26-12-4-10-23(16-26,22(24)28)14-18-6-8-19(9-7-18)20-5-3-11-25-15-20/h3,5-9,11,15,17H,4,10,12-14,16H2,1-2H3,(H2,24,28)/t23-/m1/s1. The lowest BCUT2D eigenvalue weighted by Gasteiger charge is -2.41. The fraction of sp³-hybridized carbons (Fsp3) is 0.435. The number of aromatic nitrogens is 1. The molecule has 2 heterocycles. The van der Waals surface area contributed by atoms with Crippen LogP contribution in [0, 0.1) is 11.3 Å². The molecule has 0 radical (unpaired) electrons. The fourth-order valence-electron chi connectivity index (χ4n) is 3.99. The second kappa shape index (κ2) is 8.55. The molecule has 0 bridgehead atoms. The lowest BCUT2D eigenvalue weighted by molar-refractivity contribution is -0.140. The van der Waals surface area contributed by atoms with E-state index >= 15 is 0 Å². The van der Waals surface area contributed by atoms with Gasteiger partial charge in [0.25, 0.3) is 0 Å². The molecule has 2 aromatic rings. The molecule has 1 aliphatic heterocycles. The van der Waals surface area contributed by atoms with E-state index in [-0.39, 0.29) is 11.8 Å². The van der Waals surface area contributed by atoms with Crippen LogP contribution in [0.4, 0.5) is 0 Å². The van der Waals surface area contributed by atoms with E-state index in [4.69, 9.17) is 5.73 Å². The summed E-state index contributed by atoms with van der Waals surface area (Å²) in [5.41, 5.74) is 8.36. The molecule has 1 aliphatic rings. The Kier molecular flexibility index (Phi) is 6.12. The number of rotatable bonds is 6. The summed E-state index contributed by atoms with van der Waals surface area (Å²) in [4.78, 5) is 31.0. The average molecular weight is 380 g/mol. The molecule has 1 aromatic heterocycles. The fourth-order valence-corrected chi connectivity index (χ4v) is 3.99. The number of primary amides is 1. The highest BCUT2D eigenvalue weighted by Crippen LogP contribution is 2.34. The van der Waals surface area contributed by atoms with Gasteiger partial charge in [-0.1, -0.05) is 44.2 Å². The van der Waals surface area contributed by atoms with Gasteiger partial charge in [0.1, 0.15) is 0 Å². The molecule has 1 fully saturated rings. The number of carbonyl (C=O) groups excluding carboxylic acids is 2. The van der Waals surface area contributed by atoms with Crippen molar-refractivity contribution in [2.24, 2.45) is 17.1 Å². The van der Waals surface area contributed by atoms with E-state index in [1.54, 1.807) is 6.20 Å². The second-order valence-corrected chi connectivity index (χ2v) is 8.28. The highest BCUT2D eigenvalue weighted by Gasteiger charge is 2.42. The van der Waals surface area contributed by atoms with Crippen LogP contribution in [0.15, 0.2) is 48.8 Å². The van der Waals surface area contributed by atoms with E-state index in [2.05, 4.69) is 4.98 Å². The molecule has 0 aliphatic carbocycles. The number of nitrogens with zero attached hydrogens (tertiary/aromatic N) is 2. The van der Waals surface area contributed by atoms with Crippen molar-refractivity contribution in [3.63, 3.8) is 0 Å². The minimum Gasteiger partial charge on any atom is -0.369 e. The zero-order valence-corrected chi connectivity index (χ0v) is 16.7. The van der Waals surface area contributed by atoms with E-state index in [0.717, 1.165) is 29.5 Å². The van der Waals surface area contributed by atoms with Crippen molar-refractivity contribution in [2.75, 3.05) is 13.1 Å². The molecule has 0 unspecified atom stereocenters. The Bertz CT molecular complexity index is 818. The summed E-state index contributed by atoms with van der Waals surface area (Å²) in [6.07, 6.45) is 6.18. The molecule has 5 nitrogen and oxygen atoms in total. The third-order valence-electron chi connectivity index (χ3n) is 5.53. The topological polar surface area (TPSA) is 76.3 Å². The molecule has 1 atom stereocenters. The van der Waals surface area contributed by atoms with Crippen LogP contribution >= 0.6 is 0 Å². The molecule has 0 spiro atoms. The largest absolute Gasteiger partial charge is 0.369 e. The van der Waals surface area contributed by atoms with Gasteiger partial charge in [-0.05, 0) is 47.9 Å². The van der Waals surface area contributed by atoms with E-state index < -0.39 is 5.41 Å². The van der Waals surface area contributed by atoms with Gasteiger partial charge >= 0.3 is 0 Å². The zero-order chi connectivity index (χ0) is 20.1. The smallest absolute Gasteiger partial charge is 0.225 e. The lowest BCUT2D eigenvalue weighted by Crippen LogP contribution is -2.53. The average Bonchev–Trinajstić information content (AvgIpc) is 2.69. The quantitative estimate of drug-likeness (QED) is 0.835. The maximum absolute atomic E-state index is 12.5. The molecule has 1 aromatic carbocycles. The summed E-state index contributed by atoms with van der Waals surface area (Å²) in [6, 6.07) is 12.1. The van der Waals surface area contributed by atoms with Crippen molar-refractivity contribution in [3.8, 4) is 11.1 Å². The van der Waals surface area contributed by atoms with Crippen molar-refractivity contribution in [1.29, 1.82) is 0 Å². The third-order valence-corrected chi connectivity index (χ3v) is 5.53. The summed E-state index contributed by atoms with van der Waals surface area (Å²) in [5, 5.41) is 0. The number of carbonyl (C=O) groups is 2. The van der Waals surface area contributed by atoms with Crippen LogP contribution in [0.3, 0.4) is 0 Å². The van der Waals surface area contributed by atoms with Gasteiger partial charge in [-0.2, -0.15) is 0 Å². The Morgan fingerprint density at radius 2 is 1.93 bits per heavy atom. The molecule has 0 saturated carbocycles. The minimum atomic E-state index is -0.694. The molecule has 28 heavy (non-hydrogen) atoms. The summed E-state index contributed by atoms with van der Waals surface area (Å²) in [6.45, 7) is 5.19. The molecule has 1 saturated heterocycles. The number of nitrogens with two attached hydrogens (primary N) is 1. The van der Waals surface area contributed by atoms with Crippen LogP contribution in [0.5, 0.6) is 0 Å². The molecule has 2 N–H and O–H groups in total. The Morgan fingerprint density at radius 1 is 1.18 bits per heavy atom. The number of likely N-dealkylation sites (tertiary alicyclic amines) is 1. The second-order valence-electron chi connectivity index (χ2n) is 8.28. The molecular formula is C23H29N3O2. The SMILES string of the molecule is CC(C)CC(=O)N1CCC[C@](Cc2ccc(-c3cccnc3)cc2)(C(N)=O)C1. The van der Waals surface area contributed by atoms with Crippen molar-refractivity contribution in [3.05, 3.63) is 54.4 Å². The number of amides is 2. The van der Waals surface area contributed by atoms with Crippen LogP contribution < -0.4 is 5.73 Å². The third kappa shape index (κ3) is 4.58. The van der Waals surface area contributed by atoms with Gasteiger partial charge in [0, 0.05) is 31.9 Å². The number of hydrogen-bond acceptors (Lipinski definition) is 3.